The number of pyridine rings is 1. The summed E-state index contributed by atoms with van der Waals surface area (Å²) in [5, 5.41) is 2.94. The standard InChI is InChI=1S/C16H19N5O2/c1-19-10-13-12(15(19)22)3-2-6-21(13)16(23)18-11-4-7-20-8-5-17-14(20)9-11/h4-5,7-9,12-13H,2-3,6,10H2,1H3,(H,18,23)/t12-,13-/m1/s1. The highest BCUT2D eigenvalue weighted by atomic mass is 16.2. The van der Waals surface area contributed by atoms with E-state index in [2.05, 4.69) is 10.3 Å². The second-order valence-electron chi connectivity index (χ2n) is 6.27. The van der Waals surface area contributed by atoms with E-state index in [0.717, 1.165) is 18.5 Å². The zero-order chi connectivity index (χ0) is 16.0. The number of rotatable bonds is 1. The minimum Gasteiger partial charge on any atom is -0.343 e. The Kier molecular flexibility index (Phi) is 3.21. The number of nitrogens with zero attached hydrogens (tertiary/aromatic N) is 4. The van der Waals surface area contributed by atoms with Crippen molar-refractivity contribution in [3.05, 3.63) is 30.7 Å². The molecular formula is C16H19N5O2. The van der Waals surface area contributed by atoms with Crippen LogP contribution in [0.3, 0.4) is 0 Å². The summed E-state index contributed by atoms with van der Waals surface area (Å²) in [6, 6.07) is 3.53. The van der Waals surface area contributed by atoms with Gasteiger partial charge in [0.15, 0.2) is 0 Å². The molecule has 2 fully saturated rings. The molecule has 7 heteroatoms. The summed E-state index contributed by atoms with van der Waals surface area (Å²) < 4.78 is 1.89. The number of urea groups is 1. The van der Waals surface area contributed by atoms with Gasteiger partial charge in [-0.2, -0.15) is 0 Å². The number of nitrogens with one attached hydrogen (secondary N) is 1. The highest BCUT2D eigenvalue weighted by Crippen LogP contribution is 2.31. The number of likely N-dealkylation sites (tertiary alicyclic amines) is 2. The van der Waals surface area contributed by atoms with Gasteiger partial charge in [0.2, 0.25) is 5.91 Å². The van der Waals surface area contributed by atoms with Gasteiger partial charge in [0.05, 0.1) is 12.0 Å². The fraction of sp³-hybridized carbons (Fsp3) is 0.438. The highest BCUT2D eigenvalue weighted by molar-refractivity contribution is 5.91. The Morgan fingerprint density at radius 2 is 2.26 bits per heavy atom. The zero-order valence-corrected chi connectivity index (χ0v) is 13.0. The van der Waals surface area contributed by atoms with E-state index in [1.54, 1.807) is 11.1 Å². The fourth-order valence-corrected chi connectivity index (χ4v) is 3.66. The van der Waals surface area contributed by atoms with E-state index in [1.807, 2.05) is 40.9 Å². The van der Waals surface area contributed by atoms with Crippen LogP contribution in [-0.2, 0) is 4.79 Å². The number of hydrogen-bond donors (Lipinski definition) is 1. The van der Waals surface area contributed by atoms with Crippen molar-refractivity contribution in [1.29, 1.82) is 0 Å². The molecule has 0 bridgehead atoms. The van der Waals surface area contributed by atoms with Gasteiger partial charge in [0.1, 0.15) is 5.65 Å². The van der Waals surface area contributed by atoms with Gasteiger partial charge in [-0.1, -0.05) is 0 Å². The summed E-state index contributed by atoms with van der Waals surface area (Å²) in [4.78, 5) is 32.6. The van der Waals surface area contributed by atoms with Gasteiger partial charge in [-0.3, -0.25) is 4.79 Å². The molecule has 0 unspecified atom stereocenters. The largest absolute Gasteiger partial charge is 0.343 e. The van der Waals surface area contributed by atoms with Gasteiger partial charge in [-0.15, -0.1) is 0 Å². The number of carbonyl (C=O) groups excluding carboxylic acids is 2. The number of amides is 3. The van der Waals surface area contributed by atoms with Gasteiger partial charge in [-0.25, -0.2) is 9.78 Å². The lowest BCUT2D eigenvalue weighted by atomic mass is 9.92. The van der Waals surface area contributed by atoms with Crippen LogP contribution < -0.4 is 5.32 Å². The molecular weight excluding hydrogens is 294 g/mol. The van der Waals surface area contributed by atoms with Gasteiger partial charge in [0, 0.05) is 50.5 Å². The van der Waals surface area contributed by atoms with Gasteiger partial charge >= 0.3 is 6.03 Å². The Bertz CT molecular complexity index is 771. The average Bonchev–Trinajstić information content (AvgIpc) is 3.12. The lowest BCUT2D eigenvalue weighted by Crippen LogP contribution is -2.50. The zero-order valence-electron chi connectivity index (χ0n) is 13.0. The Hall–Kier alpha value is -2.57. The van der Waals surface area contributed by atoms with E-state index in [4.69, 9.17) is 0 Å². The first-order chi connectivity index (χ1) is 11.1. The van der Waals surface area contributed by atoms with Crippen molar-refractivity contribution >= 4 is 23.3 Å². The first kappa shape index (κ1) is 14.0. The Labute approximate surface area is 133 Å². The van der Waals surface area contributed by atoms with Crippen molar-refractivity contribution in [2.45, 2.75) is 18.9 Å². The third-order valence-electron chi connectivity index (χ3n) is 4.84. The number of aromatic nitrogens is 2. The van der Waals surface area contributed by atoms with Crippen molar-refractivity contribution in [1.82, 2.24) is 19.2 Å². The topological polar surface area (TPSA) is 69.9 Å². The van der Waals surface area contributed by atoms with Crippen LogP contribution in [0.4, 0.5) is 10.5 Å². The first-order valence-corrected chi connectivity index (χ1v) is 7.89. The molecule has 7 nitrogen and oxygen atoms in total. The van der Waals surface area contributed by atoms with Gasteiger partial charge < -0.3 is 19.5 Å². The van der Waals surface area contributed by atoms with Gasteiger partial charge in [-0.05, 0) is 18.9 Å². The highest BCUT2D eigenvalue weighted by Gasteiger charge is 2.45. The summed E-state index contributed by atoms with van der Waals surface area (Å²) in [6.45, 7) is 1.32. The van der Waals surface area contributed by atoms with E-state index in [-0.39, 0.29) is 23.9 Å². The molecule has 0 aliphatic carbocycles. The van der Waals surface area contributed by atoms with Crippen LogP contribution in [0.25, 0.3) is 5.65 Å². The molecule has 3 amide bonds. The maximum Gasteiger partial charge on any atom is 0.322 e. The van der Waals surface area contributed by atoms with E-state index >= 15 is 0 Å². The fourth-order valence-electron chi connectivity index (χ4n) is 3.66. The molecule has 1 N–H and O–H groups in total. The monoisotopic (exact) mass is 313 g/mol. The predicted octanol–water partition coefficient (Wildman–Crippen LogP) is 1.42. The molecule has 2 saturated heterocycles. The molecule has 4 heterocycles. The number of hydrogen-bond acceptors (Lipinski definition) is 3. The molecule has 120 valence electrons. The normalized spacial score (nSPS) is 24.1. The van der Waals surface area contributed by atoms with Crippen molar-refractivity contribution in [2.75, 3.05) is 25.5 Å². The quantitative estimate of drug-likeness (QED) is 0.865. The van der Waals surface area contributed by atoms with Gasteiger partial charge in [0.25, 0.3) is 0 Å². The minimum atomic E-state index is -0.140. The summed E-state index contributed by atoms with van der Waals surface area (Å²) in [5.74, 6) is 0.112. The average molecular weight is 313 g/mol. The summed E-state index contributed by atoms with van der Waals surface area (Å²) in [5.41, 5.74) is 1.50. The van der Waals surface area contributed by atoms with Crippen molar-refractivity contribution < 1.29 is 9.59 Å². The summed E-state index contributed by atoms with van der Waals surface area (Å²) in [6.07, 6.45) is 7.18. The number of anilines is 1. The van der Waals surface area contributed by atoms with Crippen LogP contribution in [0.1, 0.15) is 12.8 Å². The Morgan fingerprint density at radius 3 is 3.13 bits per heavy atom. The predicted molar refractivity (Wildman–Crippen MR) is 85.1 cm³/mol. The third kappa shape index (κ3) is 2.32. The van der Waals surface area contributed by atoms with Crippen LogP contribution in [0.2, 0.25) is 0 Å². The number of carbonyl (C=O) groups is 2. The molecule has 2 aromatic rings. The van der Waals surface area contributed by atoms with E-state index in [0.29, 0.717) is 18.8 Å². The number of likely N-dealkylation sites (N-methyl/N-ethyl adjacent to an activating group) is 1. The minimum absolute atomic E-state index is 0.0172. The lowest BCUT2D eigenvalue weighted by Gasteiger charge is -2.35. The van der Waals surface area contributed by atoms with E-state index in [9.17, 15) is 9.59 Å². The summed E-state index contributed by atoms with van der Waals surface area (Å²) >= 11 is 0. The smallest absolute Gasteiger partial charge is 0.322 e. The van der Waals surface area contributed by atoms with Crippen LogP contribution in [0.5, 0.6) is 0 Å². The second-order valence-corrected chi connectivity index (χ2v) is 6.27. The van der Waals surface area contributed by atoms with Crippen LogP contribution in [0, 0.1) is 5.92 Å². The third-order valence-corrected chi connectivity index (χ3v) is 4.84. The molecule has 0 radical (unpaired) electrons. The van der Waals surface area contributed by atoms with Crippen molar-refractivity contribution in [3.8, 4) is 0 Å². The number of imidazole rings is 1. The SMILES string of the molecule is CN1C[C@@H]2[C@@H](CCCN2C(=O)Nc2ccn3ccnc3c2)C1=O. The Balaban J connectivity index is 1.53. The second kappa shape index (κ2) is 5.26. The maximum absolute atomic E-state index is 12.7. The van der Waals surface area contributed by atoms with Crippen molar-refractivity contribution in [2.24, 2.45) is 5.92 Å². The molecule has 2 aromatic heterocycles. The summed E-state index contributed by atoms with van der Waals surface area (Å²) in [7, 11) is 1.81. The maximum atomic E-state index is 12.7. The number of fused-ring (bicyclic) bond motifs is 2. The molecule has 2 aliphatic heterocycles. The lowest BCUT2D eigenvalue weighted by molar-refractivity contribution is -0.130. The van der Waals surface area contributed by atoms with Crippen LogP contribution >= 0.6 is 0 Å². The molecule has 0 spiro atoms. The molecule has 0 aromatic carbocycles. The molecule has 23 heavy (non-hydrogen) atoms. The molecule has 2 atom stereocenters. The molecule has 0 saturated carbocycles. The molecule has 4 rings (SSSR count). The molecule has 2 aliphatic rings. The number of piperidine rings is 1. The van der Waals surface area contributed by atoms with Crippen molar-refractivity contribution in [3.63, 3.8) is 0 Å². The first-order valence-electron chi connectivity index (χ1n) is 7.89. The van der Waals surface area contributed by atoms with E-state index < -0.39 is 0 Å². The Morgan fingerprint density at radius 1 is 1.39 bits per heavy atom. The van der Waals surface area contributed by atoms with E-state index in [1.165, 1.54) is 0 Å². The van der Waals surface area contributed by atoms with Crippen LogP contribution in [-0.4, -0.2) is 57.3 Å². The van der Waals surface area contributed by atoms with Crippen LogP contribution in [0.15, 0.2) is 30.7 Å².